The fourth-order valence-corrected chi connectivity index (χ4v) is 1.16. The molecule has 0 spiro atoms. The Morgan fingerprint density at radius 3 is 2.54 bits per heavy atom. The molecule has 13 heavy (non-hydrogen) atoms. The number of hydrogen-bond donors (Lipinski definition) is 2. The first-order chi connectivity index (χ1) is 5.89. The van der Waals surface area contributed by atoms with E-state index in [0.717, 1.165) is 17.9 Å². The van der Waals surface area contributed by atoms with Gasteiger partial charge in [-0.2, -0.15) is 0 Å². The highest BCUT2D eigenvalue weighted by Crippen LogP contribution is 2.17. The predicted octanol–water partition coefficient (Wildman–Crippen LogP) is 1.84. The summed E-state index contributed by atoms with van der Waals surface area (Å²) in [5.74, 6) is 1.54. The third-order valence-electron chi connectivity index (χ3n) is 1.89. The Bertz CT molecular complexity index is 271. The summed E-state index contributed by atoms with van der Waals surface area (Å²) in [6.07, 6.45) is 2.63. The molecule has 0 aliphatic heterocycles. The summed E-state index contributed by atoms with van der Waals surface area (Å²) in [5, 5.41) is 9.67. The van der Waals surface area contributed by atoms with E-state index >= 15 is 0 Å². The fraction of sp³-hybridized carbons (Fsp3) is 0.700. The molecule has 0 fully saturated rings. The van der Waals surface area contributed by atoms with Crippen molar-refractivity contribution in [1.29, 1.82) is 0 Å². The summed E-state index contributed by atoms with van der Waals surface area (Å²) >= 11 is 0. The molecule has 3 nitrogen and oxygen atoms in total. The van der Waals surface area contributed by atoms with Crippen molar-refractivity contribution >= 4 is 0 Å². The van der Waals surface area contributed by atoms with Gasteiger partial charge < -0.3 is 10.1 Å². The van der Waals surface area contributed by atoms with Gasteiger partial charge in [-0.1, -0.05) is 13.8 Å². The third kappa shape index (κ3) is 2.84. The van der Waals surface area contributed by atoms with E-state index in [4.69, 9.17) is 0 Å². The lowest BCUT2D eigenvalue weighted by Gasteiger charge is -2.13. The van der Waals surface area contributed by atoms with Crippen LogP contribution in [0.1, 0.15) is 39.2 Å². The van der Waals surface area contributed by atoms with Crippen molar-refractivity contribution in [3.8, 4) is 0 Å². The van der Waals surface area contributed by atoms with Crippen molar-refractivity contribution in [2.45, 2.75) is 39.7 Å². The second-order valence-corrected chi connectivity index (χ2v) is 4.40. The summed E-state index contributed by atoms with van der Waals surface area (Å²) in [6, 6.07) is 0. The van der Waals surface area contributed by atoms with Gasteiger partial charge in [-0.05, 0) is 19.8 Å². The van der Waals surface area contributed by atoms with Crippen LogP contribution in [0.4, 0.5) is 0 Å². The third-order valence-corrected chi connectivity index (χ3v) is 1.89. The Balaban J connectivity index is 2.75. The second-order valence-electron chi connectivity index (χ2n) is 4.40. The van der Waals surface area contributed by atoms with E-state index in [1.54, 1.807) is 20.0 Å². The molecular formula is C10H18N2O. The van der Waals surface area contributed by atoms with Gasteiger partial charge in [0.05, 0.1) is 11.9 Å². The zero-order valence-corrected chi connectivity index (χ0v) is 8.76. The summed E-state index contributed by atoms with van der Waals surface area (Å²) in [6.45, 7) is 7.79. The van der Waals surface area contributed by atoms with E-state index in [-0.39, 0.29) is 0 Å². The molecular weight excluding hydrogens is 164 g/mol. The average Bonchev–Trinajstić information content (AvgIpc) is 2.32. The SMILES string of the molecule is CC(C)Cc1ncc(C(C)(C)O)[nH]1. The van der Waals surface area contributed by atoms with Crippen molar-refractivity contribution in [2.75, 3.05) is 0 Å². The Morgan fingerprint density at radius 2 is 2.15 bits per heavy atom. The van der Waals surface area contributed by atoms with E-state index < -0.39 is 5.60 Å². The van der Waals surface area contributed by atoms with Gasteiger partial charge in [0.25, 0.3) is 0 Å². The van der Waals surface area contributed by atoms with Gasteiger partial charge in [0.2, 0.25) is 0 Å². The maximum Gasteiger partial charge on any atom is 0.106 e. The molecule has 0 saturated carbocycles. The lowest BCUT2D eigenvalue weighted by atomic mass is 10.1. The van der Waals surface area contributed by atoms with E-state index in [1.165, 1.54) is 0 Å². The molecule has 0 unspecified atom stereocenters. The van der Waals surface area contributed by atoms with Gasteiger partial charge in [-0.3, -0.25) is 0 Å². The highest BCUT2D eigenvalue weighted by Gasteiger charge is 2.18. The molecule has 0 radical (unpaired) electrons. The van der Waals surface area contributed by atoms with Crippen molar-refractivity contribution in [3.63, 3.8) is 0 Å². The number of aromatic nitrogens is 2. The first kappa shape index (κ1) is 10.3. The molecule has 1 aromatic rings. The fourth-order valence-electron chi connectivity index (χ4n) is 1.16. The van der Waals surface area contributed by atoms with Crippen LogP contribution in [-0.2, 0) is 12.0 Å². The van der Waals surface area contributed by atoms with Gasteiger partial charge in [0, 0.05) is 6.42 Å². The summed E-state index contributed by atoms with van der Waals surface area (Å²) in [4.78, 5) is 7.33. The molecule has 0 aromatic carbocycles. The monoisotopic (exact) mass is 182 g/mol. The number of H-pyrrole nitrogens is 1. The van der Waals surface area contributed by atoms with Gasteiger partial charge in [0.15, 0.2) is 0 Å². The predicted molar refractivity (Wildman–Crippen MR) is 52.4 cm³/mol. The summed E-state index contributed by atoms with van der Waals surface area (Å²) in [5.41, 5.74) is -0.0365. The van der Waals surface area contributed by atoms with Gasteiger partial charge >= 0.3 is 0 Å². The van der Waals surface area contributed by atoms with E-state index in [9.17, 15) is 5.11 Å². The summed E-state index contributed by atoms with van der Waals surface area (Å²) < 4.78 is 0. The van der Waals surface area contributed by atoms with Crippen molar-refractivity contribution < 1.29 is 5.11 Å². The number of nitrogens with zero attached hydrogens (tertiary/aromatic N) is 1. The van der Waals surface area contributed by atoms with Crippen LogP contribution in [0.5, 0.6) is 0 Å². The number of aromatic amines is 1. The number of aliphatic hydroxyl groups is 1. The minimum absolute atomic E-state index is 0.584. The smallest absolute Gasteiger partial charge is 0.106 e. The van der Waals surface area contributed by atoms with Crippen LogP contribution in [-0.4, -0.2) is 15.1 Å². The Hall–Kier alpha value is -0.830. The number of imidazole rings is 1. The molecule has 1 aromatic heterocycles. The van der Waals surface area contributed by atoms with Crippen LogP contribution in [0, 0.1) is 5.92 Å². The van der Waals surface area contributed by atoms with E-state index in [2.05, 4.69) is 23.8 Å². The molecule has 1 heterocycles. The molecule has 0 bridgehead atoms. The van der Waals surface area contributed by atoms with Crippen molar-refractivity contribution in [1.82, 2.24) is 9.97 Å². The molecule has 3 heteroatoms. The molecule has 1 rings (SSSR count). The minimum Gasteiger partial charge on any atom is -0.384 e. The maximum absolute atomic E-state index is 9.67. The van der Waals surface area contributed by atoms with Crippen LogP contribution in [0.2, 0.25) is 0 Å². The molecule has 74 valence electrons. The zero-order chi connectivity index (χ0) is 10.1. The molecule has 0 amide bonds. The quantitative estimate of drug-likeness (QED) is 0.749. The largest absolute Gasteiger partial charge is 0.384 e. The minimum atomic E-state index is -0.817. The standard InChI is InChI=1S/C10H18N2O/c1-7(2)5-9-11-6-8(12-9)10(3,4)13/h6-7,13H,5H2,1-4H3,(H,11,12). The Morgan fingerprint density at radius 1 is 1.54 bits per heavy atom. The lowest BCUT2D eigenvalue weighted by Crippen LogP contribution is -2.16. The highest BCUT2D eigenvalue weighted by molar-refractivity contribution is 5.08. The molecule has 0 aliphatic carbocycles. The topological polar surface area (TPSA) is 48.9 Å². The molecule has 0 atom stereocenters. The molecule has 0 aliphatic rings. The number of rotatable bonds is 3. The van der Waals surface area contributed by atoms with Crippen LogP contribution in [0.15, 0.2) is 6.20 Å². The molecule has 2 N–H and O–H groups in total. The van der Waals surface area contributed by atoms with Crippen molar-refractivity contribution in [3.05, 3.63) is 17.7 Å². The average molecular weight is 182 g/mol. The highest BCUT2D eigenvalue weighted by atomic mass is 16.3. The van der Waals surface area contributed by atoms with E-state index in [1.807, 2.05) is 0 Å². The van der Waals surface area contributed by atoms with Gasteiger partial charge in [0.1, 0.15) is 11.4 Å². The lowest BCUT2D eigenvalue weighted by molar-refractivity contribution is 0.0742. The van der Waals surface area contributed by atoms with Crippen LogP contribution in [0.25, 0.3) is 0 Å². The first-order valence-corrected chi connectivity index (χ1v) is 4.66. The van der Waals surface area contributed by atoms with E-state index in [0.29, 0.717) is 5.92 Å². The normalized spacial score (nSPS) is 12.5. The number of nitrogens with one attached hydrogen (secondary N) is 1. The van der Waals surface area contributed by atoms with Crippen molar-refractivity contribution in [2.24, 2.45) is 5.92 Å². The Kier molecular flexibility index (Phi) is 2.76. The molecule has 0 saturated heterocycles. The maximum atomic E-state index is 9.67. The van der Waals surface area contributed by atoms with Crippen LogP contribution in [0.3, 0.4) is 0 Å². The second kappa shape index (κ2) is 3.50. The van der Waals surface area contributed by atoms with Crippen LogP contribution < -0.4 is 0 Å². The Labute approximate surface area is 79.2 Å². The van der Waals surface area contributed by atoms with Gasteiger partial charge in [-0.15, -0.1) is 0 Å². The number of hydrogen-bond acceptors (Lipinski definition) is 2. The summed E-state index contributed by atoms with van der Waals surface area (Å²) in [7, 11) is 0. The first-order valence-electron chi connectivity index (χ1n) is 4.66. The van der Waals surface area contributed by atoms with Crippen LogP contribution >= 0.6 is 0 Å². The van der Waals surface area contributed by atoms with Gasteiger partial charge in [-0.25, -0.2) is 4.98 Å². The zero-order valence-electron chi connectivity index (χ0n) is 8.76.